The molecule has 3 amide bonds. The fraction of sp³-hybridized carbons (Fsp3) is 0.429. The van der Waals surface area contributed by atoms with E-state index in [2.05, 4.69) is 20.6 Å². The van der Waals surface area contributed by atoms with Gasteiger partial charge in [-0.15, -0.1) is 0 Å². The van der Waals surface area contributed by atoms with Gasteiger partial charge in [-0.25, -0.2) is 14.8 Å². The van der Waals surface area contributed by atoms with E-state index < -0.39 is 0 Å². The van der Waals surface area contributed by atoms with E-state index in [9.17, 15) is 9.59 Å². The summed E-state index contributed by atoms with van der Waals surface area (Å²) >= 11 is 0. The first kappa shape index (κ1) is 15.1. The first-order chi connectivity index (χ1) is 11.1. The number of pyridine rings is 1. The molecule has 1 aliphatic heterocycles. The molecule has 23 heavy (non-hydrogen) atoms. The van der Waals surface area contributed by atoms with Crippen molar-refractivity contribution in [2.24, 2.45) is 0 Å². The molecule has 2 aromatic rings. The molecule has 0 saturated carbocycles. The molecule has 1 saturated heterocycles. The van der Waals surface area contributed by atoms with Crippen molar-refractivity contribution in [3.05, 3.63) is 17.8 Å². The Labute approximate surface area is 132 Å². The van der Waals surface area contributed by atoms with Crippen LogP contribution < -0.4 is 16.4 Å². The van der Waals surface area contributed by atoms with Crippen molar-refractivity contribution in [1.29, 1.82) is 0 Å². The van der Waals surface area contributed by atoms with Crippen molar-refractivity contribution < 1.29 is 9.59 Å². The molecule has 0 aliphatic carbocycles. The normalized spacial score (nSPS) is 14.3. The lowest BCUT2D eigenvalue weighted by atomic mass is 10.2. The predicted molar refractivity (Wildman–Crippen MR) is 84.9 cm³/mol. The molecule has 2 aromatic heterocycles. The summed E-state index contributed by atoms with van der Waals surface area (Å²) in [5.41, 5.74) is 7.50. The van der Waals surface area contributed by atoms with Crippen LogP contribution in [-0.4, -0.2) is 57.6 Å². The van der Waals surface area contributed by atoms with Crippen molar-refractivity contribution in [2.75, 3.05) is 31.9 Å². The molecular weight excluding hydrogens is 298 g/mol. The number of urea groups is 1. The molecule has 0 spiro atoms. The van der Waals surface area contributed by atoms with E-state index in [0.717, 1.165) is 0 Å². The van der Waals surface area contributed by atoms with Crippen LogP contribution in [0.1, 0.15) is 17.3 Å². The number of nitrogens with one attached hydrogen (secondary N) is 2. The lowest BCUT2D eigenvalue weighted by Crippen LogP contribution is -2.36. The number of hydrogen-bond donors (Lipinski definition) is 3. The Kier molecular flexibility index (Phi) is 4.00. The van der Waals surface area contributed by atoms with Crippen LogP contribution in [0.4, 0.5) is 10.7 Å². The number of nitrogen functional groups attached to an aromatic ring is 1. The van der Waals surface area contributed by atoms with Gasteiger partial charge in [0, 0.05) is 38.9 Å². The second-order valence-electron chi connectivity index (χ2n) is 5.26. The Balaban J connectivity index is 1.65. The Morgan fingerprint density at radius 1 is 1.52 bits per heavy atom. The van der Waals surface area contributed by atoms with Crippen LogP contribution >= 0.6 is 0 Å². The highest BCUT2D eigenvalue weighted by atomic mass is 16.2. The quantitative estimate of drug-likeness (QED) is 0.705. The Morgan fingerprint density at radius 3 is 3.04 bits per heavy atom. The second-order valence-corrected chi connectivity index (χ2v) is 5.26. The van der Waals surface area contributed by atoms with E-state index >= 15 is 0 Å². The van der Waals surface area contributed by atoms with Crippen LogP contribution in [0.2, 0.25) is 0 Å². The van der Waals surface area contributed by atoms with Crippen LogP contribution in [0, 0.1) is 0 Å². The molecule has 122 valence electrons. The summed E-state index contributed by atoms with van der Waals surface area (Å²) in [5, 5.41) is 5.49. The minimum Gasteiger partial charge on any atom is -0.369 e. The lowest BCUT2D eigenvalue weighted by molar-refractivity contribution is 0.0950. The molecule has 0 bridgehead atoms. The molecule has 0 aromatic carbocycles. The summed E-state index contributed by atoms with van der Waals surface area (Å²) < 4.78 is 1.78. The largest absolute Gasteiger partial charge is 0.369 e. The molecule has 1 fully saturated rings. The Morgan fingerprint density at radius 2 is 2.35 bits per heavy atom. The average molecular weight is 317 g/mol. The molecule has 3 heterocycles. The van der Waals surface area contributed by atoms with Gasteiger partial charge in [0.25, 0.3) is 5.91 Å². The highest BCUT2D eigenvalue weighted by Crippen LogP contribution is 2.16. The first-order valence-electron chi connectivity index (χ1n) is 7.53. The third-order valence-electron chi connectivity index (χ3n) is 3.81. The van der Waals surface area contributed by atoms with Crippen molar-refractivity contribution >= 4 is 29.1 Å². The number of rotatable bonds is 5. The number of fused-ring (bicyclic) bond motifs is 1. The minimum absolute atomic E-state index is 0.0945. The van der Waals surface area contributed by atoms with Crippen LogP contribution in [0.25, 0.3) is 11.2 Å². The van der Waals surface area contributed by atoms with E-state index in [0.29, 0.717) is 55.4 Å². The van der Waals surface area contributed by atoms with Gasteiger partial charge >= 0.3 is 6.03 Å². The highest BCUT2D eigenvalue weighted by molar-refractivity contribution is 5.96. The van der Waals surface area contributed by atoms with E-state index in [1.165, 1.54) is 6.20 Å². The van der Waals surface area contributed by atoms with E-state index in [-0.39, 0.29) is 11.9 Å². The number of aromatic nitrogens is 3. The molecule has 0 atom stereocenters. The van der Waals surface area contributed by atoms with Gasteiger partial charge in [-0.3, -0.25) is 9.36 Å². The van der Waals surface area contributed by atoms with Crippen LogP contribution in [0.5, 0.6) is 0 Å². The zero-order chi connectivity index (χ0) is 16.4. The minimum atomic E-state index is -0.247. The molecule has 3 rings (SSSR count). The van der Waals surface area contributed by atoms with Crippen LogP contribution in [0.3, 0.4) is 0 Å². The van der Waals surface area contributed by atoms with Crippen LogP contribution in [-0.2, 0) is 6.54 Å². The van der Waals surface area contributed by atoms with Gasteiger partial charge in [-0.1, -0.05) is 0 Å². The van der Waals surface area contributed by atoms with Gasteiger partial charge in [0.15, 0.2) is 5.65 Å². The molecular formula is C14H19N7O2. The summed E-state index contributed by atoms with van der Waals surface area (Å²) in [5.74, 6) is 0.135. The van der Waals surface area contributed by atoms with Crippen molar-refractivity contribution in [3.8, 4) is 0 Å². The van der Waals surface area contributed by atoms with Gasteiger partial charge in [0.1, 0.15) is 5.52 Å². The number of nitrogens with zero attached hydrogens (tertiary/aromatic N) is 4. The van der Waals surface area contributed by atoms with Crippen molar-refractivity contribution in [2.45, 2.75) is 13.5 Å². The van der Waals surface area contributed by atoms with Crippen LogP contribution in [0.15, 0.2) is 12.3 Å². The van der Waals surface area contributed by atoms with Gasteiger partial charge in [-0.05, 0) is 13.0 Å². The summed E-state index contributed by atoms with van der Waals surface area (Å²) in [6.07, 6.45) is 1.51. The molecule has 1 aliphatic rings. The number of carbonyl (C=O) groups excluding carboxylic acids is 2. The SMILES string of the molecule is CCn1c(N)nc2cc(C(=O)NCCN3CCNC3=O)cnc21. The fourth-order valence-electron chi connectivity index (χ4n) is 2.60. The maximum absolute atomic E-state index is 12.2. The number of hydrogen-bond acceptors (Lipinski definition) is 5. The summed E-state index contributed by atoms with van der Waals surface area (Å²) in [6.45, 7) is 4.79. The van der Waals surface area contributed by atoms with Crippen molar-refractivity contribution in [1.82, 2.24) is 30.1 Å². The third-order valence-corrected chi connectivity index (χ3v) is 3.81. The number of aryl methyl sites for hydroxylation is 1. The number of imidazole rings is 1. The summed E-state index contributed by atoms with van der Waals surface area (Å²) in [7, 11) is 0. The monoisotopic (exact) mass is 317 g/mol. The standard InChI is InChI=1S/C14H19N7O2/c1-2-21-11-10(19-13(21)15)7-9(8-18-11)12(22)16-3-5-20-6-4-17-14(20)23/h7-8H,2-6H2,1H3,(H2,15,19)(H,16,22)(H,17,23). The number of amides is 3. The van der Waals surface area contributed by atoms with E-state index in [1.807, 2.05) is 6.92 Å². The Bertz CT molecular complexity index is 755. The maximum Gasteiger partial charge on any atom is 0.317 e. The summed E-state index contributed by atoms with van der Waals surface area (Å²) in [4.78, 5) is 33.7. The highest BCUT2D eigenvalue weighted by Gasteiger charge is 2.19. The van der Waals surface area contributed by atoms with Gasteiger partial charge in [0.05, 0.1) is 5.56 Å². The summed E-state index contributed by atoms with van der Waals surface area (Å²) in [6, 6.07) is 1.57. The van der Waals surface area contributed by atoms with Gasteiger partial charge < -0.3 is 21.3 Å². The smallest absolute Gasteiger partial charge is 0.317 e. The van der Waals surface area contributed by atoms with E-state index in [1.54, 1.807) is 15.5 Å². The van der Waals surface area contributed by atoms with Gasteiger partial charge in [-0.2, -0.15) is 0 Å². The fourth-order valence-corrected chi connectivity index (χ4v) is 2.60. The number of nitrogens with two attached hydrogens (primary N) is 1. The second kappa shape index (κ2) is 6.11. The van der Waals surface area contributed by atoms with E-state index in [4.69, 9.17) is 5.73 Å². The number of anilines is 1. The topological polar surface area (TPSA) is 118 Å². The average Bonchev–Trinajstić information content (AvgIpc) is 3.08. The Hall–Kier alpha value is -2.84. The molecule has 0 radical (unpaired) electrons. The third kappa shape index (κ3) is 2.89. The molecule has 0 unspecified atom stereocenters. The molecule has 4 N–H and O–H groups in total. The first-order valence-corrected chi connectivity index (χ1v) is 7.53. The van der Waals surface area contributed by atoms with Gasteiger partial charge in [0.2, 0.25) is 5.95 Å². The van der Waals surface area contributed by atoms with Crippen molar-refractivity contribution in [3.63, 3.8) is 0 Å². The lowest BCUT2D eigenvalue weighted by Gasteiger charge is -2.14. The molecule has 9 nitrogen and oxygen atoms in total. The number of carbonyl (C=O) groups is 2. The zero-order valence-electron chi connectivity index (χ0n) is 12.9. The maximum atomic E-state index is 12.2. The molecule has 9 heteroatoms. The predicted octanol–water partition coefficient (Wildman–Crippen LogP) is -0.212. The zero-order valence-corrected chi connectivity index (χ0v) is 12.9.